The van der Waals surface area contributed by atoms with Gasteiger partial charge in [0, 0.05) is 24.2 Å². The zero-order valence-corrected chi connectivity index (χ0v) is 12.5. The van der Waals surface area contributed by atoms with Crippen LogP contribution < -0.4 is 10.1 Å². The van der Waals surface area contributed by atoms with Crippen LogP contribution in [0, 0.1) is 0 Å². The van der Waals surface area contributed by atoms with E-state index in [2.05, 4.69) is 27.3 Å². The standard InChI is InChI=1S/C14H20BrNO2/c1-10(9-17-2)18-13-5-6-14(15)11(7-13)8-16-12-3-4-12/h5-7,10,12,16H,3-4,8-9H2,1-2H3. The molecule has 1 aliphatic rings. The molecule has 0 aliphatic heterocycles. The summed E-state index contributed by atoms with van der Waals surface area (Å²) in [7, 11) is 1.69. The van der Waals surface area contributed by atoms with Crippen LogP contribution in [-0.4, -0.2) is 25.9 Å². The topological polar surface area (TPSA) is 30.5 Å². The molecule has 0 radical (unpaired) electrons. The van der Waals surface area contributed by atoms with Crippen LogP contribution in [0.5, 0.6) is 5.75 Å². The van der Waals surface area contributed by atoms with E-state index in [1.807, 2.05) is 19.1 Å². The molecule has 4 heteroatoms. The molecular weight excluding hydrogens is 294 g/mol. The Balaban J connectivity index is 1.95. The Bertz CT molecular complexity index is 393. The molecule has 1 aliphatic carbocycles. The van der Waals surface area contributed by atoms with Crippen molar-refractivity contribution in [3.8, 4) is 5.75 Å². The molecule has 0 spiro atoms. The third-order valence-corrected chi connectivity index (χ3v) is 3.69. The highest BCUT2D eigenvalue weighted by molar-refractivity contribution is 9.10. The predicted molar refractivity (Wildman–Crippen MR) is 76.0 cm³/mol. The van der Waals surface area contributed by atoms with Crippen molar-refractivity contribution in [2.45, 2.75) is 38.5 Å². The number of methoxy groups -OCH3 is 1. The predicted octanol–water partition coefficient (Wildman–Crippen LogP) is 3.11. The van der Waals surface area contributed by atoms with Gasteiger partial charge in [0.25, 0.3) is 0 Å². The van der Waals surface area contributed by atoms with Crippen LogP contribution in [0.4, 0.5) is 0 Å². The minimum absolute atomic E-state index is 0.0698. The van der Waals surface area contributed by atoms with Crippen molar-refractivity contribution in [3.63, 3.8) is 0 Å². The second-order valence-electron chi connectivity index (χ2n) is 4.79. The van der Waals surface area contributed by atoms with Crippen molar-refractivity contribution in [1.82, 2.24) is 5.32 Å². The summed E-state index contributed by atoms with van der Waals surface area (Å²) in [6.07, 6.45) is 2.68. The Morgan fingerprint density at radius 2 is 2.22 bits per heavy atom. The van der Waals surface area contributed by atoms with Crippen LogP contribution in [-0.2, 0) is 11.3 Å². The van der Waals surface area contributed by atoms with Gasteiger partial charge >= 0.3 is 0 Å². The number of nitrogens with one attached hydrogen (secondary N) is 1. The second-order valence-corrected chi connectivity index (χ2v) is 5.65. The fourth-order valence-corrected chi connectivity index (χ4v) is 2.19. The van der Waals surface area contributed by atoms with Gasteiger partial charge in [0.1, 0.15) is 11.9 Å². The summed E-state index contributed by atoms with van der Waals surface area (Å²) in [5.74, 6) is 0.898. The highest BCUT2D eigenvalue weighted by atomic mass is 79.9. The van der Waals surface area contributed by atoms with Crippen LogP contribution in [0.1, 0.15) is 25.3 Å². The number of rotatable bonds is 7. The van der Waals surface area contributed by atoms with E-state index >= 15 is 0 Å². The maximum Gasteiger partial charge on any atom is 0.120 e. The monoisotopic (exact) mass is 313 g/mol. The molecule has 0 saturated heterocycles. The Hall–Kier alpha value is -0.580. The van der Waals surface area contributed by atoms with E-state index in [0.717, 1.165) is 16.8 Å². The smallest absolute Gasteiger partial charge is 0.120 e. The zero-order chi connectivity index (χ0) is 13.0. The van der Waals surface area contributed by atoms with E-state index in [1.165, 1.54) is 18.4 Å². The molecule has 18 heavy (non-hydrogen) atoms. The fraction of sp³-hybridized carbons (Fsp3) is 0.571. The largest absolute Gasteiger partial charge is 0.488 e. The lowest BCUT2D eigenvalue weighted by Crippen LogP contribution is -2.19. The first-order valence-corrected chi connectivity index (χ1v) is 7.15. The van der Waals surface area contributed by atoms with Crippen LogP contribution in [0.15, 0.2) is 22.7 Å². The van der Waals surface area contributed by atoms with Crippen LogP contribution in [0.2, 0.25) is 0 Å². The fourth-order valence-electron chi connectivity index (χ4n) is 1.80. The maximum atomic E-state index is 5.80. The molecule has 1 unspecified atom stereocenters. The summed E-state index contributed by atoms with van der Waals surface area (Å²) in [4.78, 5) is 0. The summed E-state index contributed by atoms with van der Waals surface area (Å²) >= 11 is 3.58. The van der Waals surface area contributed by atoms with Crippen molar-refractivity contribution >= 4 is 15.9 Å². The number of benzene rings is 1. The first-order valence-electron chi connectivity index (χ1n) is 6.36. The number of ether oxygens (including phenoxy) is 2. The summed E-state index contributed by atoms with van der Waals surface area (Å²) in [6.45, 7) is 3.50. The molecule has 0 heterocycles. The van der Waals surface area contributed by atoms with E-state index < -0.39 is 0 Å². The van der Waals surface area contributed by atoms with E-state index in [9.17, 15) is 0 Å². The molecule has 1 fully saturated rings. The van der Waals surface area contributed by atoms with Gasteiger partial charge in [0.2, 0.25) is 0 Å². The van der Waals surface area contributed by atoms with Crippen molar-refractivity contribution < 1.29 is 9.47 Å². The van der Waals surface area contributed by atoms with Crippen molar-refractivity contribution in [2.75, 3.05) is 13.7 Å². The summed E-state index contributed by atoms with van der Waals surface area (Å²) in [6, 6.07) is 6.83. The third kappa shape index (κ3) is 4.26. The Morgan fingerprint density at radius 3 is 2.89 bits per heavy atom. The lowest BCUT2D eigenvalue weighted by Gasteiger charge is -2.15. The molecule has 0 bridgehead atoms. The first-order chi connectivity index (χ1) is 8.69. The van der Waals surface area contributed by atoms with E-state index in [0.29, 0.717) is 12.6 Å². The second kappa shape index (κ2) is 6.55. The summed E-state index contributed by atoms with van der Waals surface area (Å²) in [5.41, 5.74) is 1.24. The van der Waals surface area contributed by atoms with Crippen LogP contribution in [0.25, 0.3) is 0 Å². The lowest BCUT2D eigenvalue weighted by molar-refractivity contribution is 0.0920. The molecule has 0 aromatic heterocycles. The van der Waals surface area contributed by atoms with Gasteiger partial charge in [-0.05, 0) is 43.5 Å². The molecule has 1 N–H and O–H groups in total. The Labute approximate surface area is 117 Å². The van der Waals surface area contributed by atoms with Crippen molar-refractivity contribution in [3.05, 3.63) is 28.2 Å². The third-order valence-electron chi connectivity index (χ3n) is 2.91. The van der Waals surface area contributed by atoms with Gasteiger partial charge in [0.05, 0.1) is 6.61 Å². The van der Waals surface area contributed by atoms with Crippen LogP contribution in [0.3, 0.4) is 0 Å². The van der Waals surface area contributed by atoms with Gasteiger partial charge < -0.3 is 14.8 Å². The molecule has 3 nitrogen and oxygen atoms in total. The molecule has 0 amide bonds. The lowest BCUT2D eigenvalue weighted by atomic mass is 10.2. The average molecular weight is 314 g/mol. The molecule has 1 aromatic carbocycles. The zero-order valence-electron chi connectivity index (χ0n) is 10.9. The molecule has 100 valence electrons. The van der Waals surface area contributed by atoms with Gasteiger partial charge in [-0.1, -0.05) is 15.9 Å². The Kier molecular flexibility index (Phi) is 5.03. The summed E-state index contributed by atoms with van der Waals surface area (Å²) < 4.78 is 12.0. The van der Waals surface area contributed by atoms with E-state index in [4.69, 9.17) is 9.47 Å². The average Bonchev–Trinajstić information content (AvgIpc) is 3.14. The van der Waals surface area contributed by atoms with Gasteiger partial charge in [0.15, 0.2) is 0 Å². The molecule has 1 aromatic rings. The van der Waals surface area contributed by atoms with Gasteiger partial charge in [-0.2, -0.15) is 0 Å². The van der Waals surface area contributed by atoms with Gasteiger partial charge in [-0.3, -0.25) is 0 Å². The van der Waals surface area contributed by atoms with Crippen molar-refractivity contribution in [2.24, 2.45) is 0 Å². The maximum absolute atomic E-state index is 5.80. The quantitative estimate of drug-likeness (QED) is 0.839. The minimum atomic E-state index is 0.0698. The Morgan fingerprint density at radius 1 is 1.44 bits per heavy atom. The van der Waals surface area contributed by atoms with Crippen molar-refractivity contribution in [1.29, 1.82) is 0 Å². The molecule has 2 rings (SSSR count). The molecule has 1 atom stereocenters. The van der Waals surface area contributed by atoms with Gasteiger partial charge in [-0.25, -0.2) is 0 Å². The SMILES string of the molecule is COCC(C)Oc1ccc(Br)c(CNC2CC2)c1. The van der Waals surface area contributed by atoms with Crippen LogP contribution >= 0.6 is 15.9 Å². The van der Waals surface area contributed by atoms with E-state index in [1.54, 1.807) is 7.11 Å². The number of hydrogen-bond acceptors (Lipinski definition) is 3. The number of halogens is 1. The highest BCUT2D eigenvalue weighted by Crippen LogP contribution is 2.25. The van der Waals surface area contributed by atoms with Gasteiger partial charge in [-0.15, -0.1) is 0 Å². The van der Waals surface area contributed by atoms with E-state index in [-0.39, 0.29) is 6.10 Å². The number of hydrogen-bond donors (Lipinski definition) is 1. The normalized spacial score (nSPS) is 16.6. The minimum Gasteiger partial charge on any atom is -0.488 e. The first kappa shape index (κ1) is 13.8. The molecular formula is C14H20BrNO2. The molecule has 1 saturated carbocycles. The highest BCUT2D eigenvalue weighted by Gasteiger charge is 2.20. The summed E-state index contributed by atoms with van der Waals surface area (Å²) in [5, 5.41) is 3.51.